The summed E-state index contributed by atoms with van der Waals surface area (Å²) < 4.78 is 13.9. The molecule has 1 aromatic carbocycles. The first kappa shape index (κ1) is 9.58. The van der Waals surface area contributed by atoms with Crippen LogP contribution in [0.2, 0.25) is 0 Å². The van der Waals surface area contributed by atoms with Crippen LogP contribution in [0, 0.1) is 12.7 Å². The molecular formula is C13H13FN2. The van der Waals surface area contributed by atoms with Crippen molar-refractivity contribution in [2.45, 2.75) is 25.7 Å². The molecule has 1 heterocycles. The van der Waals surface area contributed by atoms with E-state index in [1.165, 1.54) is 12.8 Å². The molecule has 0 unspecified atom stereocenters. The van der Waals surface area contributed by atoms with E-state index < -0.39 is 0 Å². The van der Waals surface area contributed by atoms with Gasteiger partial charge in [0.15, 0.2) is 0 Å². The Bertz CT molecular complexity index is 526. The molecule has 0 amide bonds. The summed E-state index contributed by atoms with van der Waals surface area (Å²) in [5.74, 6) is 1.01. The lowest BCUT2D eigenvalue weighted by Crippen LogP contribution is -1.89. The molecule has 16 heavy (non-hydrogen) atoms. The molecule has 0 aliphatic heterocycles. The van der Waals surface area contributed by atoms with Gasteiger partial charge in [-0.25, -0.2) is 9.37 Å². The zero-order valence-corrected chi connectivity index (χ0v) is 9.13. The predicted octanol–water partition coefficient (Wildman–Crippen LogP) is 3.40. The van der Waals surface area contributed by atoms with Gasteiger partial charge >= 0.3 is 0 Å². The number of hydrogen-bond acceptors (Lipinski definition) is 1. The third kappa shape index (κ3) is 1.62. The molecule has 0 bridgehead atoms. The summed E-state index contributed by atoms with van der Waals surface area (Å²) in [7, 11) is 0. The van der Waals surface area contributed by atoms with E-state index in [1.54, 1.807) is 12.3 Å². The molecule has 0 radical (unpaired) electrons. The Balaban J connectivity index is 2.01. The number of benzene rings is 1. The number of aromatic amines is 1. The van der Waals surface area contributed by atoms with Crippen molar-refractivity contribution >= 4 is 0 Å². The molecule has 2 nitrogen and oxygen atoms in total. The van der Waals surface area contributed by atoms with E-state index in [0.29, 0.717) is 17.3 Å². The topological polar surface area (TPSA) is 28.7 Å². The van der Waals surface area contributed by atoms with E-state index in [9.17, 15) is 4.39 Å². The van der Waals surface area contributed by atoms with Crippen molar-refractivity contribution in [3.8, 4) is 11.4 Å². The second kappa shape index (κ2) is 3.44. The predicted molar refractivity (Wildman–Crippen MR) is 60.7 cm³/mol. The van der Waals surface area contributed by atoms with Crippen LogP contribution in [0.4, 0.5) is 4.39 Å². The summed E-state index contributed by atoms with van der Waals surface area (Å²) in [5.41, 5.74) is 2.61. The van der Waals surface area contributed by atoms with Crippen LogP contribution in [0.3, 0.4) is 0 Å². The van der Waals surface area contributed by atoms with Crippen molar-refractivity contribution in [3.63, 3.8) is 0 Å². The first-order chi connectivity index (χ1) is 7.74. The van der Waals surface area contributed by atoms with Gasteiger partial charge in [-0.3, -0.25) is 0 Å². The highest BCUT2D eigenvalue weighted by Crippen LogP contribution is 2.40. The van der Waals surface area contributed by atoms with E-state index in [-0.39, 0.29) is 5.82 Å². The zero-order valence-electron chi connectivity index (χ0n) is 9.13. The largest absolute Gasteiger partial charge is 0.342 e. The molecule has 3 rings (SSSR count). The normalized spacial score (nSPS) is 15.4. The molecule has 3 heteroatoms. The fourth-order valence-corrected chi connectivity index (χ4v) is 1.94. The molecule has 0 saturated heterocycles. The lowest BCUT2D eigenvalue weighted by atomic mass is 10.1. The first-order valence-electron chi connectivity index (χ1n) is 5.55. The van der Waals surface area contributed by atoms with Crippen molar-refractivity contribution in [2.75, 3.05) is 0 Å². The maximum Gasteiger partial charge on any atom is 0.140 e. The number of aryl methyl sites for hydroxylation is 1. The van der Waals surface area contributed by atoms with E-state index in [1.807, 2.05) is 19.1 Å². The lowest BCUT2D eigenvalue weighted by Gasteiger charge is -2.02. The molecule has 1 N–H and O–H groups in total. The number of halogens is 1. The molecule has 1 fully saturated rings. The van der Waals surface area contributed by atoms with Crippen LogP contribution in [-0.2, 0) is 0 Å². The minimum atomic E-state index is -0.182. The van der Waals surface area contributed by atoms with Gasteiger partial charge in [0.25, 0.3) is 0 Å². The number of rotatable bonds is 2. The quantitative estimate of drug-likeness (QED) is 0.818. The summed E-state index contributed by atoms with van der Waals surface area (Å²) in [6.45, 7) is 1.91. The first-order valence-corrected chi connectivity index (χ1v) is 5.55. The molecule has 1 aromatic heterocycles. The third-order valence-corrected chi connectivity index (χ3v) is 3.00. The molecule has 2 aromatic rings. The second-order valence-corrected chi connectivity index (χ2v) is 4.43. The van der Waals surface area contributed by atoms with Gasteiger partial charge in [0, 0.05) is 11.9 Å². The second-order valence-electron chi connectivity index (χ2n) is 4.43. The number of H-pyrrole nitrogens is 1. The van der Waals surface area contributed by atoms with Crippen molar-refractivity contribution in [3.05, 3.63) is 41.5 Å². The SMILES string of the molecule is Cc1cnc(-c2ccc(C3CC3)cc2F)[nH]1. The van der Waals surface area contributed by atoms with Gasteiger partial charge < -0.3 is 4.98 Å². The Morgan fingerprint density at radius 3 is 2.75 bits per heavy atom. The highest BCUT2D eigenvalue weighted by Gasteiger charge is 2.24. The Morgan fingerprint density at radius 2 is 2.19 bits per heavy atom. The molecular weight excluding hydrogens is 203 g/mol. The minimum Gasteiger partial charge on any atom is -0.342 e. The molecule has 1 saturated carbocycles. The maximum absolute atomic E-state index is 13.9. The highest BCUT2D eigenvalue weighted by molar-refractivity contribution is 5.57. The summed E-state index contributed by atoms with van der Waals surface area (Å²) in [4.78, 5) is 7.19. The van der Waals surface area contributed by atoms with Gasteiger partial charge in [-0.1, -0.05) is 6.07 Å². The number of hydrogen-bond donors (Lipinski definition) is 1. The van der Waals surface area contributed by atoms with Crippen LogP contribution >= 0.6 is 0 Å². The highest BCUT2D eigenvalue weighted by atomic mass is 19.1. The molecule has 82 valence electrons. The van der Waals surface area contributed by atoms with Crippen LogP contribution in [0.15, 0.2) is 24.4 Å². The standard InChI is InChI=1S/C13H13FN2/c1-8-7-15-13(16-8)11-5-4-10(6-12(11)14)9-2-3-9/h4-7,9H,2-3H2,1H3,(H,15,16). The number of aromatic nitrogens is 2. The zero-order chi connectivity index (χ0) is 11.1. The van der Waals surface area contributed by atoms with Gasteiger partial charge in [-0.2, -0.15) is 0 Å². The number of nitrogens with zero attached hydrogens (tertiary/aromatic N) is 1. The smallest absolute Gasteiger partial charge is 0.140 e. The van der Waals surface area contributed by atoms with Gasteiger partial charge in [0.05, 0.1) is 5.56 Å². The Hall–Kier alpha value is -1.64. The molecule has 1 aliphatic rings. The number of imidazole rings is 1. The monoisotopic (exact) mass is 216 g/mol. The van der Waals surface area contributed by atoms with Crippen LogP contribution in [-0.4, -0.2) is 9.97 Å². The summed E-state index contributed by atoms with van der Waals surface area (Å²) in [6.07, 6.45) is 4.10. The average Bonchev–Trinajstić information content (AvgIpc) is 3.02. The summed E-state index contributed by atoms with van der Waals surface area (Å²) in [5, 5.41) is 0. The Labute approximate surface area is 93.5 Å². The van der Waals surface area contributed by atoms with E-state index in [0.717, 1.165) is 11.3 Å². The maximum atomic E-state index is 13.9. The lowest BCUT2D eigenvalue weighted by molar-refractivity contribution is 0.628. The van der Waals surface area contributed by atoms with Crippen molar-refractivity contribution < 1.29 is 4.39 Å². The summed E-state index contributed by atoms with van der Waals surface area (Å²) in [6, 6.07) is 5.47. The Kier molecular flexibility index (Phi) is 2.06. The molecule has 1 aliphatic carbocycles. The van der Waals surface area contributed by atoms with E-state index in [4.69, 9.17) is 0 Å². The summed E-state index contributed by atoms with van der Waals surface area (Å²) >= 11 is 0. The van der Waals surface area contributed by atoms with E-state index >= 15 is 0 Å². The fourth-order valence-electron chi connectivity index (χ4n) is 1.94. The van der Waals surface area contributed by atoms with Gasteiger partial charge in [-0.15, -0.1) is 0 Å². The van der Waals surface area contributed by atoms with Gasteiger partial charge in [-0.05, 0) is 43.4 Å². The van der Waals surface area contributed by atoms with Crippen molar-refractivity contribution in [1.82, 2.24) is 9.97 Å². The minimum absolute atomic E-state index is 0.182. The van der Waals surface area contributed by atoms with E-state index in [2.05, 4.69) is 9.97 Å². The van der Waals surface area contributed by atoms with Crippen LogP contribution in [0.1, 0.15) is 30.0 Å². The Morgan fingerprint density at radius 1 is 1.38 bits per heavy atom. The fraction of sp³-hybridized carbons (Fsp3) is 0.308. The third-order valence-electron chi connectivity index (χ3n) is 3.00. The van der Waals surface area contributed by atoms with Crippen LogP contribution in [0.25, 0.3) is 11.4 Å². The molecule has 0 atom stereocenters. The van der Waals surface area contributed by atoms with Crippen LogP contribution < -0.4 is 0 Å². The van der Waals surface area contributed by atoms with Crippen molar-refractivity contribution in [1.29, 1.82) is 0 Å². The van der Waals surface area contributed by atoms with Crippen LogP contribution in [0.5, 0.6) is 0 Å². The van der Waals surface area contributed by atoms with Gasteiger partial charge in [0.1, 0.15) is 11.6 Å². The van der Waals surface area contributed by atoms with Crippen molar-refractivity contribution in [2.24, 2.45) is 0 Å². The number of nitrogens with one attached hydrogen (secondary N) is 1. The molecule has 0 spiro atoms. The average molecular weight is 216 g/mol. The van der Waals surface area contributed by atoms with Gasteiger partial charge in [0.2, 0.25) is 0 Å².